The molecule has 9 aliphatic rings. The van der Waals surface area contributed by atoms with E-state index in [0.29, 0.717) is 23.8 Å². The third-order valence-electron chi connectivity index (χ3n) is 14.5. The minimum atomic E-state index is -0.176. The van der Waals surface area contributed by atoms with E-state index in [2.05, 4.69) is 120 Å². The monoisotopic (exact) mass is 685 g/mol. The second-order valence-corrected chi connectivity index (χ2v) is 16.9. The van der Waals surface area contributed by atoms with Gasteiger partial charge in [-0.05, 0) is 116 Å². The van der Waals surface area contributed by atoms with Crippen LogP contribution in [0.3, 0.4) is 0 Å². The molecule has 11 rings (SSSR count). The van der Waals surface area contributed by atoms with Crippen molar-refractivity contribution in [2.75, 3.05) is 4.90 Å². The predicted molar refractivity (Wildman–Crippen MR) is 211 cm³/mol. The first-order valence-electron chi connectivity index (χ1n) is 20.6. The van der Waals surface area contributed by atoms with Gasteiger partial charge in [0.1, 0.15) is 11.9 Å². The van der Waals surface area contributed by atoms with Crippen LogP contribution in [0.2, 0.25) is 0 Å². The summed E-state index contributed by atoms with van der Waals surface area (Å²) < 4.78 is 14.6. The van der Waals surface area contributed by atoms with Gasteiger partial charge in [-0.2, -0.15) is 0 Å². The minimum absolute atomic E-state index is 0.00826. The summed E-state index contributed by atoms with van der Waals surface area (Å²) in [6.45, 7) is 0. The number of para-hydroxylation sites is 1. The van der Waals surface area contributed by atoms with Gasteiger partial charge in [0.15, 0.2) is 0 Å². The molecule has 3 fully saturated rings. The molecule has 0 amide bonds. The number of allylic oxidation sites excluding steroid dienone is 12. The van der Waals surface area contributed by atoms with Crippen molar-refractivity contribution in [1.29, 1.82) is 0 Å². The first-order chi connectivity index (χ1) is 25.8. The fourth-order valence-corrected chi connectivity index (χ4v) is 12.6. The SMILES string of the molecule is C1=CCCC(N2c3ccccc3C3C(C4=CC=CC5Oc6cc(C7=CCCC=C7)ccc6C6(C7=CC=CCC7OC7CCCCC76)C45)CCCC32)=C1. The van der Waals surface area contributed by atoms with Crippen LogP contribution in [-0.4, -0.2) is 24.4 Å². The van der Waals surface area contributed by atoms with E-state index in [9.17, 15) is 0 Å². The summed E-state index contributed by atoms with van der Waals surface area (Å²) in [5.41, 5.74) is 11.5. The van der Waals surface area contributed by atoms with Crippen molar-refractivity contribution < 1.29 is 9.47 Å². The Hall–Kier alpha value is -4.08. The van der Waals surface area contributed by atoms with E-state index in [4.69, 9.17) is 9.47 Å². The zero-order chi connectivity index (χ0) is 34.2. The van der Waals surface area contributed by atoms with Crippen LogP contribution in [-0.2, 0) is 10.2 Å². The second-order valence-electron chi connectivity index (χ2n) is 16.9. The molecule has 9 unspecified atom stereocenters. The van der Waals surface area contributed by atoms with E-state index >= 15 is 0 Å². The summed E-state index contributed by atoms with van der Waals surface area (Å²) >= 11 is 0. The summed E-state index contributed by atoms with van der Waals surface area (Å²) in [6.07, 6.45) is 43.1. The average molecular weight is 686 g/mol. The Labute approximate surface area is 309 Å². The van der Waals surface area contributed by atoms with Crippen molar-refractivity contribution in [3.8, 4) is 5.75 Å². The number of ether oxygens (including phenoxy) is 2. The van der Waals surface area contributed by atoms with Crippen LogP contribution in [0.15, 0.2) is 132 Å². The number of rotatable bonds is 3. The maximum atomic E-state index is 7.38. The molecule has 3 aliphatic heterocycles. The Bertz CT molecular complexity index is 2040. The van der Waals surface area contributed by atoms with Gasteiger partial charge in [-0.1, -0.05) is 116 Å². The number of anilines is 1. The molecule has 6 aliphatic carbocycles. The van der Waals surface area contributed by atoms with Gasteiger partial charge in [0.2, 0.25) is 0 Å². The number of benzene rings is 2. The van der Waals surface area contributed by atoms with E-state index in [1.807, 2.05) is 0 Å². The number of nitrogens with zero attached hydrogens (tertiary/aromatic N) is 1. The fraction of sp³-hybridized carbons (Fsp3) is 0.429. The van der Waals surface area contributed by atoms with Crippen LogP contribution in [0.25, 0.3) is 5.57 Å². The number of fused-ring (bicyclic) bond motifs is 11. The molecule has 1 spiro atoms. The standard InChI is InChI=1S/C49H51NO2/c1-3-15-32(16-4-1)33-29-30-40-46(31-33)52-45-28-14-21-36(48(45)49(40)38-22-8-11-26-43(38)51-44-27-12-9-23-39(44)49)35-20-13-25-42-47(35)37-19-7-10-24-41(37)50(42)34-17-5-2-6-18-34/h2-3,5,7-8,10-11,14-17,19,21-22,24,28-31,35,39,42-45,47-48H,1,4,6,9,12-13,18,20,23,25-27H2. The van der Waals surface area contributed by atoms with Crippen LogP contribution in [0.5, 0.6) is 5.75 Å². The second kappa shape index (κ2) is 12.5. The minimum Gasteiger partial charge on any atom is -0.485 e. The van der Waals surface area contributed by atoms with Crippen molar-refractivity contribution in [3.63, 3.8) is 0 Å². The Morgan fingerprint density at radius 2 is 1.75 bits per heavy atom. The van der Waals surface area contributed by atoms with Gasteiger partial charge in [-0.25, -0.2) is 0 Å². The lowest BCUT2D eigenvalue weighted by molar-refractivity contribution is -0.122. The molecule has 2 saturated carbocycles. The normalized spacial score (nSPS) is 36.6. The fourth-order valence-electron chi connectivity index (χ4n) is 12.6. The molecule has 9 atom stereocenters. The quantitative estimate of drug-likeness (QED) is 0.321. The van der Waals surface area contributed by atoms with Crippen molar-refractivity contribution in [3.05, 3.63) is 149 Å². The largest absolute Gasteiger partial charge is 0.485 e. The highest BCUT2D eigenvalue weighted by atomic mass is 16.5. The molecule has 0 aromatic heterocycles. The molecule has 2 aromatic carbocycles. The zero-order valence-corrected chi connectivity index (χ0v) is 30.3. The number of hydrogen-bond acceptors (Lipinski definition) is 3. The van der Waals surface area contributed by atoms with Crippen LogP contribution in [0.1, 0.15) is 99.7 Å². The van der Waals surface area contributed by atoms with E-state index < -0.39 is 0 Å². The maximum Gasteiger partial charge on any atom is 0.125 e. The molecule has 3 nitrogen and oxygen atoms in total. The van der Waals surface area contributed by atoms with Gasteiger partial charge < -0.3 is 14.4 Å². The van der Waals surface area contributed by atoms with Gasteiger partial charge in [0.25, 0.3) is 0 Å². The van der Waals surface area contributed by atoms with Crippen LogP contribution in [0.4, 0.5) is 5.69 Å². The van der Waals surface area contributed by atoms with Crippen molar-refractivity contribution in [1.82, 2.24) is 0 Å². The highest BCUT2D eigenvalue weighted by molar-refractivity contribution is 5.77. The van der Waals surface area contributed by atoms with Crippen LogP contribution >= 0.6 is 0 Å². The van der Waals surface area contributed by atoms with Gasteiger partial charge >= 0.3 is 0 Å². The summed E-state index contributed by atoms with van der Waals surface area (Å²) in [4.78, 5) is 2.78. The molecule has 1 saturated heterocycles. The lowest BCUT2D eigenvalue weighted by Gasteiger charge is -2.62. The maximum absolute atomic E-state index is 7.38. The molecule has 264 valence electrons. The Morgan fingerprint density at radius 1 is 0.808 bits per heavy atom. The molecule has 3 heteroatoms. The van der Waals surface area contributed by atoms with E-state index in [1.54, 1.807) is 11.1 Å². The number of hydrogen-bond donors (Lipinski definition) is 0. The van der Waals surface area contributed by atoms with E-state index in [-0.39, 0.29) is 29.6 Å². The predicted octanol–water partition coefficient (Wildman–Crippen LogP) is 11.4. The van der Waals surface area contributed by atoms with Crippen molar-refractivity contribution in [2.45, 2.75) is 113 Å². The first kappa shape index (κ1) is 31.4. The van der Waals surface area contributed by atoms with Crippen LogP contribution in [0, 0.1) is 17.8 Å². The van der Waals surface area contributed by atoms with Gasteiger partial charge in [0, 0.05) is 40.2 Å². The molecule has 0 N–H and O–H groups in total. The van der Waals surface area contributed by atoms with Crippen molar-refractivity contribution in [2.24, 2.45) is 17.8 Å². The zero-order valence-electron chi connectivity index (χ0n) is 30.3. The highest BCUT2D eigenvalue weighted by Crippen LogP contribution is 2.66. The van der Waals surface area contributed by atoms with Crippen LogP contribution < -0.4 is 9.64 Å². The topological polar surface area (TPSA) is 21.7 Å². The smallest absolute Gasteiger partial charge is 0.125 e. The summed E-state index contributed by atoms with van der Waals surface area (Å²) in [7, 11) is 0. The van der Waals surface area contributed by atoms with Crippen molar-refractivity contribution >= 4 is 11.3 Å². The first-order valence-corrected chi connectivity index (χ1v) is 20.6. The molecule has 3 heterocycles. The highest BCUT2D eigenvalue weighted by Gasteiger charge is 2.64. The van der Waals surface area contributed by atoms with Gasteiger partial charge in [-0.3, -0.25) is 0 Å². The third-order valence-corrected chi connectivity index (χ3v) is 14.5. The van der Waals surface area contributed by atoms with Gasteiger partial charge in [0.05, 0.1) is 12.2 Å². The molecule has 0 radical (unpaired) electrons. The van der Waals surface area contributed by atoms with E-state index in [0.717, 1.165) is 44.3 Å². The molecule has 0 bridgehead atoms. The lowest BCUT2D eigenvalue weighted by atomic mass is 9.47. The lowest BCUT2D eigenvalue weighted by Crippen LogP contribution is -2.63. The summed E-state index contributed by atoms with van der Waals surface area (Å²) in [6, 6.07) is 17.3. The summed E-state index contributed by atoms with van der Waals surface area (Å²) in [5, 5.41) is 0. The van der Waals surface area contributed by atoms with Gasteiger partial charge in [-0.15, -0.1) is 0 Å². The Morgan fingerprint density at radius 3 is 2.67 bits per heavy atom. The molecule has 2 aromatic rings. The molecular weight excluding hydrogens is 635 g/mol. The Balaban J connectivity index is 1.10. The Kier molecular flexibility index (Phi) is 7.57. The third kappa shape index (κ3) is 4.60. The molecular formula is C49H51NO2. The molecule has 52 heavy (non-hydrogen) atoms. The summed E-state index contributed by atoms with van der Waals surface area (Å²) in [5.74, 6) is 2.69. The van der Waals surface area contributed by atoms with E-state index in [1.165, 1.54) is 72.2 Å². The average Bonchev–Trinajstić information content (AvgIpc) is 3.56.